The Hall–Kier alpha value is -2.45. The van der Waals surface area contributed by atoms with Gasteiger partial charge in [-0.25, -0.2) is 13.1 Å². The van der Waals surface area contributed by atoms with E-state index in [4.69, 9.17) is 14.2 Å². The Balaban J connectivity index is 1.81. The largest absolute Gasteiger partial charge is 0.493 e. The van der Waals surface area contributed by atoms with E-state index in [1.165, 1.54) is 21.3 Å². The molecule has 2 aromatic rings. The summed E-state index contributed by atoms with van der Waals surface area (Å²) < 4.78 is 43.7. The fourth-order valence-electron chi connectivity index (χ4n) is 2.95. The molecule has 0 unspecified atom stereocenters. The van der Waals surface area contributed by atoms with Gasteiger partial charge >= 0.3 is 0 Å². The van der Waals surface area contributed by atoms with Crippen molar-refractivity contribution in [2.24, 2.45) is 0 Å². The third kappa shape index (κ3) is 3.56. The molecule has 0 spiro atoms. The first-order chi connectivity index (χ1) is 12.5. The van der Waals surface area contributed by atoms with Crippen LogP contribution in [0.15, 0.2) is 35.2 Å². The van der Waals surface area contributed by atoms with Crippen LogP contribution >= 0.6 is 0 Å². The number of fused-ring (bicyclic) bond motifs is 1. The van der Waals surface area contributed by atoms with Crippen LogP contribution < -0.4 is 24.2 Å². The number of benzene rings is 2. The lowest BCUT2D eigenvalue weighted by Gasteiger charge is -2.14. The number of hydrogen-bond donors (Lipinski definition) is 2. The van der Waals surface area contributed by atoms with Gasteiger partial charge in [0.2, 0.25) is 15.8 Å². The Morgan fingerprint density at radius 1 is 1.04 bits per heavy atom. The molecule has 0 amide bonds. The first-order valence-corrected chi connectivity index (χ1v) is 9.62. The molecule has 0 atom stereocenters. The molecule has 0 fully saturated rings. The molecule has 2 aromatic carbocycles. The number of nitrogens with one attached hydrogen (secondary N) is 2. The van der Waals surface area contributed by atoms with Gasteiger partial charge in [0.15, 0.2) is 11.5 Å². The maximum Gasteiger partial charge on any atom is 0.240 e. The van der Waals surface area contributed by atoms with Crippen LogP contribution in [0.2, 0.25) is 0 Å². The second kappa shape index (κ2) is 7.43. The average molecular weight is 378 g/mol. The summed E-state index contributed by atoms with van der Waals surface area (Å²) in [5.74, 6) is 1.42. The SMILES string of the molecule is COc1cc(CNS(=O)(=O)c2ccc3c(c2)CCN3)cc(OC)c1OC. The Bertz CT molecular complexity index is 887. The van der Waals surface area contributed by atoms with Crippen LogP contribution in [0, 0.1) is 0 Å². The number of hydrogen-bond acceptors (Lipinski definition) is 6. The van der Waals surface area contributed by atoms with E-state index in [0.717, 1.165) is 24.2 Å². The predicted octanol–water partition coefficient (Wildman–Crippen LogP) is 2.16. The highest BCUT2D eigenvalue weighted by Gasteiger charge is 2.19. The molecule has 0 aromatic heterocycles. The number of sulfonamides is 1. The highest BCUT2D eigenvalue weighted by atomic mass is 32.2. The highest BCUT2D eigenvalue weighted by molar-refractivity contribution is 7.89. The van der Waals surface area contributed by atoms with Crippen LogP contribution in [0.1, 0.15) is 11.1 Å². The molecule has 2 N–H and O–H groups in total. The maximum atomic E-state index is 12.6. The van der Waals surface area contributed by atoms with Gasteiger partial charge in [0.05, 0.1) is 26.2 Å². The molecule has 7 nitrogen and oxygen atoms in total. The molecule has 26 heavy (non-hydrogen) atoms. The summed E-state index contributed by atoms with van der Waals surface area (Å²) in [6, 6.07) is 8.56. The summed E-state index contributed by atoms with van der Waals surface area (Å²) in [6.45, 7) is 0.937. The summed E-state index contributed by atoms with van der Waals surface area (Å²) in [5, 5.41) is 3.22. The number of methoxy groups -OCH3 is 3. The minimum absolute atomic E-state index is 0.106. The summed E-state index contributed by atoms with van der Waals surface area (Å²) in [4.78, 5) is 0.257. The monoisotopic (exact) mass is 378 g/mol. The van der Waals surface area contributed by atoms with E-state index in [1.807, 2.05) is 0 Å². The van der Waals surface area contributed by atoms with E-state index in [0.29, 0.717) is 22.8 Å². The van der Waals surface area contributed by atoms with Gasteiger partial charge in [-0.15, -0.1) is 0 Å². The Labute approximate surface area is 153 Å². The number of ether oxygens (including phenoxy) is 3. The van der Waals surface area contributed by atoms with Gasteiger partial charge in [0, 0.05) is 18.8 Å². The number of anilines is 1. The lowest BCUT2D eigenvalue weighted by molar-refractivity contribution is 0.323. The average Bonchev–Trinajstić information content (AvgIpc) is 3.13. The fraction of sp³-hybridized carbons (Fsp3) is 0.333. The van der Waals surface area contributed by atoms with Crippen molar-refractivity contribution in [1.82, 2.24) is 4.72 Å². The van der Waals surface area contributed by atoms with Gasteiger partial charge < -0.3 is 19.5 Å². The van der Waals surface area contributed by atoms with Crippen LogP contribution in [0.3, 0.4) is 0 Å². The molecule has 1 aliphatic heterocycles. The fourth-order valence-corrected chi connectivity index (χ4v) is 4.02. The Morgan fingerprint density at radius 3 is 2.35 bits per heavy atom. The molecule has 3 rings (SSSR count). The van der Waals surface area contributed by atoms with Crippen molar-refractivity contribution in [3.63, 3.8) is 0 Å². The molecule has 140 valence electrons. The van der Waals surface area contributed by atoms with Crippen molar-refractivity contribution in [3.8, 4) is 17.2 Å². The minimum atomic E-state index is -3.63. The molecule has 0 radical (unpaired) electrons. The van der Waals surface area contributed by atoms with Gasteiger partial charge in [-0.3, -0.25) is 0 Å². The van der Waals surface area contributed by atoms with E-state index in [-0.39, 0.29) is 11.4 Å². The molecule has 0 bridgehead atoms. The minimum Gasteiger partial charge on any atom is -0.493 e. The number of rotatable bonds is 7. The van der Waals surface area contributed by atoms with Gasteiger partial charge in [-0.2, -0.15) is 0 Å². The second-order valence-corrected chi connectivity index (χ2v) is 7.62. The van der Waals surface area contributed by atoms with Gasteiger partial charge in [-0.1, -0.05) is 0 Å². The Kier molecular flexibility index (Phi) is 5.24. The van der Waals surface area contributed by atoms with Crippen molar-refractivity contribution in [2.45, 2.75) is 17.9 Å². The molecule has 0 saturated heterocycles. The lowest BCUT2D eigenvalue weighted by atomic mass is 10.2. The summed E-state index contributed by atoms with van der Waals surface area (Å²) in [5.41, 5.74) is 2.71. The lowest BCUT2D eigenvalue weighted by Crippen LogP contribution is -2.23. The zero-order valence-electron chi connectivity index (χ0n) is 15.0. The second-order valence-electron chi connectivity index (χ2n) is 5.85. The van der Waals surface area contributed by atoms with Crippen molar-refractivity contribution in [2.75, 3.05) is 33.2 Å². The quantitative estimate of drug-likeness (QED) is 0.768. The van der Waals surface area contributed by atoms with E-state index in [1.54, 1.807) is 30.3 Å². The normalized spacial score (nSPS) is 13.0. The Morgan fingerprint density at radius 2 is 1.73 bits per heavy atom. The van der Waals surface area contributed by atoms with Crippen molar-refractivity contribution < 1.29 is 22.6 Å². The first-order valence-electron chi connectivity index (χ1n) is 8.14. The zero-order valence-corrected chi connectivity index (χ0v) is 15.8. The van der Waals surface area contributed by atoms with E-state index in [9.17, 15) is 8.42 Å². The molecular weight excluding hydrogens is 356 g/mol. The first kappa shape index (κ1) is 18.3. The van der Waals surface area contributed by atoms with Crippen LogP contribution in [0.4, 0.5) is 5.69 Å². The van der Waals surface area contributed by atoms with Crippen molar-refractivity contribution in [1.29, 1.82) is 0 Å². The molecule has 1 aliphatic rings. The van der Waals surface area contributed by atoms with Crippen molar-refractivity contribution >= 4 is 15.7 Å². The zero-order chi connectivity index (χ0) is 18.7. The molecule has 8 heteroatoms. The molecule has 0 saturated carbocycles. The standard InChI is InChI=1S/C18H22N2O5S/c1-23-16-8-12(9-17(24-2)18(16)25-3)11-20-26(21,22)14-4-5-15-13(10-14)6-7-19-15/h4-5,8-10,19-20H,6-7,11H2,1-3H3. The van der Waals surface area contributed by atoms with Gasteiger partial charge in [0.1, 0.15) is 0 Å². The predicted molar refractivity (Wildman–Crippen MR) is 98.8 cm³/mol. The highest BCUT2D eigenvalue weighted by Crippen LogP contribution is 2.38. The van der Waals surface area contributed by atoms with E-state index < -0.39 is 10.0 Å². The summed E-state index contributed by atoms with van der Waals surface area (Å²) in [6.07, 6.45) is 0.825. The van der Waals surface area contributed by atoms with Gasteiger partial charge in [0.25, 0.3) is 0 Å². The van der Waals surface area contributed by atoms with Crippen LogP contribution in [0.25, 0.3) is 0 Å². The third-order valence-corrected chi connectivity index (χ3v) is 5.69. The molecule has 0 aliphatic carbocycles. The van der Waals surface area contributed by atoms with E-state index in [2.05, 4.69) is 10.0 Å². The van der Waals surface area contributed by atoms with Crippen LogP contribution in [-0.4, -0.2) is 36.3 Å². The van der Waals surface area contributed by atoms with Crippen molar-refractivity contribution in [3.05, 3.63) is 41.5 Å². The van der Waals surface area contributed by atoms with Crippen LogP contribution in [0.5, 0.6) is 17.2 Å². The molecular formula is C18H22N2O5S. The third-order valence-electron chi connectivity index (χ3n) is 4.29. The van der Waals surface area contributed by atoms with E-state index >= 15 is 0 Å². The van der Waals surface area contributed by atoms with Crippen LogP contribution in [-0.2, 0) is 23.0 Å². The van der Waals surface area contributed by atoms with Gasteiger partial charge in [-0.05, 0) is 47.9 Å². The smallest absolute Gasteiger partial charge is 0.240 e. The summed E-state index contributed by atoms with van der Waals surface area (Å²) in [7, 11) is 0.929. The topological polar surface area (TPSA) is 85.9 Å². The summed E-state index contributed by atoms with van der Waals surface area (Å²) >= 11 is 0. The molecule has 1 heterocycles. The maximum absolute atomic E-state index is 12.6.